The van der Waals surface area contributed by atoms with Crippen LogP contribution in [0, 0.1) is 5.92 Å². The van der Waals surface area contributed by atoms with Crippen molar-refractivity contribution in [2.45, 2.75) is 24.6 Å². The molecule has 0 atom stereocenters. The predicted molar refractivity (Wildman–Crippen MR) is 156 cm³/mol. The highest BCUT2D eigenvalue weighted by Crippen LogP contribution is 2.31. The molecule has 6 nitrogen and oxygen atoms in total. The molecule has 0 radical (unpaired) electrons. The molecule has 2 saturated heterocycles. The Kier molecular flexibility index (Phi) is 8.94. The van der Waals surface area contributed by atoms with Gasteiger partial charge in [-0.25, -0.2) is 12.7 Å². The maximum absolute atomic E-state index is 13.4. The molecule has 0 bridgehead atoms. The number of halogens is 2. The third kappa shape index (κ3) is 6.67. The zero-order valence-electron chi connectivity index (χ0n) is 21.8. The van der Waals surface area contributed by atoms with E-state index in [1.807, 2.05) is 17.0 Å². The van der Waals surface area contributed by atoms with Crippen LogP contribution in [0.5, 0.6) is 0 Å². The van der Waals surface area contributed by atoms with Crippen LogP contribution in [0.15, 0.2) is 78.9 Å². The smallest absolute Gasteiger partial charge is 0.225 e. The lowest BCUT2D eigenvalue weighted by Gasteiger charge is -2.41. The second-order valence-electron chi connectivity index (χ2n) is 10.3. The average molecular weight is 587 g/mol. The van der Waals surface area contributed by atoms with Crippen LogP contribution in [0.1, 0.15) is 35.6 Å². The van der Waals surface area contributed by atoms with Crippen LogP contribution in [0.2, 0.25) is 10.0 Å². The van der Waals surface area contributed by atoms with Gasteiger partial charge in [-0.1, -0.05) is 89.9 Å². The van der Waals surface area contributed by atoms with Crippen LogP contribution in [0.3, 0.4) is 0 Å². The largest absolute Gasteiger partial charge is 0.340 e. The van der Waals surface area contributed by atoms with E-state index in [2.05, 4.69) is 53.4 Å². The number of carbonyl (C=O) groups excluding carboxylic acids is 1. The lowest BCUT2D eigenvalue weighted by Crippen LogP contribution is -2.52. The normalized spacial score (nSPS) is 18.0. The Hall–Kier alpha value is -2.42. The van der Waals surface area contributed by atoms with E-state index < -0.39 is 10.0 Å². The summed E-state index contributed by atoms with van der Waals surface area (Å²) in [6.07, 6.45) is 1.06. The number of carbonyl (C=O) groups is 1. The molecule has 0 saturated carbocycles. The Morgan fingerprint density at radius 2 is 1.36 bits per heavy atom. The lowest BCUT2D eigenvalue weighted by atomic mass is 9.95. The van der Waals surface area contributed by atoms with Crippen molar-refractivity contribution >= 4 is 39.1 Å². The Balaban J connectivity index is 1.17. The molecular weight excluding hydrogens is 553 g/mol. The first kappa shape index (κ1) is 28.1. The molecule has 0 spiro atoms. The van der Waals surface area contributed by atoms with Gasteiger partial charge in [-0.3, -0.25) is 9.69 Å². The van der Waals surface area contributed by atoms with E-state index >= 15 is 0 Å². The monoisotopic (exact) mass is 585 g/mol. The van der Waals surface area contributed by atoms with Crippen LogP contribution in [-0.4, -0.2) is 67.7 Å². The molecule has 9 heteroatoms. The summed E-state index contributed by atoms with van der Waals surface area (Å²) in [6.45, 7) is 3.59. The fourth-order valence-electron chi connectivity index (χ4n) is 5.65. The number of sulfonamides is 1. The highest BCUT2D eigenvalue weighted by molar-refractivity contribution is 7.88. The van der Waals surface area contributed by atoms with Crippen molar-refractivity contribution in [2.24, 2.45) is 5.92 Å². The molecular formula is C30H33Cl2N3O3S. The molecule has 2 fully saturated rings. The van der Waals surface area contributed by atoms with Gasteiger partial charge < -0.3 is 4.90 Å². The van der Waals surface area contributed by atoms with E-state index in [0.29, 0.717) is 54.6 Å². The van der Waals surface area contributed by atoms with E-state index in [-0.39, 0.29) is 23.6 Å². The molecule has 0 unspecified atom stereocenters. The van der Waals surface area contributed by atoms with E-state index in [4.69, 9.17) is 23.2 Å². The fraction of sp³-hybridized carbons (Fsp3) is 0.367. The molecule has 2 aliphatic rings. The summed E-state index contributed by atoms with van der Waals surface area (Å²) in [4.78, 5) is 17.8. The highest BCUT2D eigenvalue weighted by Gasteiger charge is 2.35. The van der Waals surface area contributed by atoms with Gasteiger partial charge in [-0.15, -0.1) is 0 Å². The van der Waals surface area contributed by atoms with Crippen molar-refractivity contribution in [1.82, 2.24) is 14.1 Å². The molecule has 2 aliphatic heterocycles. The second-order valence-corrected chi connectivity index (χ2v) is 13.1. The predicted octanol–water partition coefficient (Wildman–Crippen LogP) is 5.47. The number of piperidine rings is 1. The fourth-order valence-corrected chi connectivity index (χ4v) is 7.80. The molecule has 0 aromatic heterocycles. The molecule has 0 aliphatic carbocycles. The molecule has 3 aromatic rings. The average Bonchev–Trinajstić information content (AvgIpc) is 2.96. The minimum absolute atomic E-state index is 0.142. The number of piperazine rings is 1. The molecule has 39 heavy (non-hydrogen) atoms. The van der Waals surface area contributed by atoms with Crippen molar-refractivity contribution in [2.75, 3.05) is 39.3 Å². The van der Waals surface area contributed by atoms with E-state index in [9.17, 15) is 13.2 Å². The van der Waals surface area contributed by atoms with Gasteiger partial charge in [0.25, 0.3) is 0 Å². The van der Waals surface area contributed by atoms with Crippen LogP contribution >= 0.6 is 23.2 Å². The van der Waals surface area contributed by atoms with Crippen molar-refractivity contribution < 1.29 is 13.2 Å². The Labute approximate surface area is 241 Å². The van der Waals surface area contributed by atoms with Gasteiger partial charge in [0.2, 0.25) is 15.9 Å². The minimum atomic E-state index is -3.54. The maximum Gasteiger partial charge on any atom is 0.225 e. The SMILES string of the molecule is O=C(C1CCN(S(=O)(=O)Cc2ccc(Cl)cc2Cl)CC1)N1CCN(C(c2ccccc2)c2ccccc2)CC1. The summed E-state index contributed by atoms with van der Waals surface area (Å²) >= 11 is 12.1. The first-order chi connectivity index (χ1) is 18.8. The summed E-state index contributed by atoms with van der Waals surface area (Å²) in [5, 5.41) is 0.814. The molecule has 3 aromatic carbocycles. The summed E-state index contributed by atoms with van der Waals surface area (Å²) in [6, 6.07) is 26.0. The Bertz CT molecular complexity index is 1330. The van der Waals surface area contributed by atoms with Crippen molar-refractivity contribution in [3.63, 3.8) is 0 Å². The van der Waals surface area contributed by atoms with Gasteiger partial charge in [0.15, 0.2) is 0 Å². The first-order valence-corrected chi connectivity index (χ1v) is 15.7. The number of amides is 1. The van der Waals surface area contributed by atoms with Gasteiger partial charge >= 0.3 is 0 Å². The van der Waals surface area contributed by atoms with Crippen LogP contribution in [0.4, 0.5) is 0 Å². The van der Waals surface area contributed by atoms with E-state index in [1.165, 1.54) is 15.4 Å². The van der Waals surface area contributed by atoms with Crippen molar-refractivity contribution in [3.05, 3.63) is 106 Å². The Morgan fingerprint density at radius 3 is 1.90 bits per heavy atom. The third-order valence-corrected chi connectivity index (χ3v) is 10.2. The Morgan fingerprint density at radius 1 is 0.795 bits per heavy atom. The lowest BCUT2D eigenvalue weighted by molar-refractivity contribution is -0.138. The number of hydrogen-bond donors (Lipinski definition) is 0. The van der Waals surface area contributed by atoms with Gasteiger partial charge in [-0.2, -0.15) is 0 Å². The molecule has 2 heterocycles. The van der Waals surface area contributed by atoms with Gasteiger partial charge in [-0.05, 0) is 41.7 Å². The minimum Gasteiger partial charge on any atom is -0.340 e. The van der Waals surface area contributed by atoms with Crippen LogP contribution in [0.25, 0.3) is 0 Å². The summed E-state index contributed by atoms with van der Waals surface area (Å²) < 4.78 is 27.6. The maximum atomic E-state index is 13.4. The second kappa shape index (κ2) is 12.4. The van der Waals surface area contributed by atoms with Crippen molar-refractivity contribution in [3.8, 4) is 0 Å². The highest BCUT2D eigenvalue weighted by atomic mass is 35.5. The summed E-state index contributed by atoms with van der Waals surface area (Å²) in [7, 11) is -3.54. The molecule has 0 N–H and O–H groups in total. The van der Waals surface area contributed by atoms with Gasteiger partial charge in [0.05, 0.1) is 11.8 Å². The van der Waals surface area contributed by atoms with E-state index in [0.717, 1.165) is 13.1 Å². The van der Waals surface area contributed by atoms with Crippen molar-refractivity contribution in [1.29, 1.82) is 0 Å². The summed E-state index contributed by atoms with van der Waals surface area (Å²) in [5.41, 5.74) is 3.02. The zero-order valence-corrected chi connectivity index (χ0v) is 24.1. The number of nitrogens with zero attached hydrogens (tertiary/aromatic N) is 3. The molecule has 5 rings (SSSR count). The topological polar surface area (TPSA) is 60.9 Å². The number of benzene rings is 3. The van der Waals surface area contributed by atoms with Crippen LogP contribution in [-0.2, 0) is 20.6 Å². The van der Waals surface area contributed by atoms with Gasteiger partial charge in [0.1, 0.15) is 0 Å². The zero-order chi connectivity index (χ0) is 27.4. The number of rotatable bonds is 7. The van der Waals surface area contributed by atoms with Crippen LogP contribution < -0.4 is 0 Å². The number of hydrogen-bond acceptors (Lipinski definition) is 4. The first-order valence-electron chi connectivity index (χ1n) is 13.4. The van der Waals surface area contributed by atoms with E-state index in [1.54, 1.807) is 18.2 Å². The summed E-state index contributed by atoms with van der Waals surface area (Å²) in [5.74, 6) is -0.183. The van der Waals surface area contributed by atoms with Gasteiger partial charge in [0, 0.05) is 55.2 Å². The third-order valence-electron chi connectivity index (χ3n) is 7.77. The quantitative estimate of drug-likeness (QED) is 0.369. The molecule has 206 valence electrons. The molecule has 1 amide bonds. The standard InChI is InChI=1S/C30H33Cl2N3O3S/c31-27-12-11-26(28(32)21-27)22-39(37,38)35-15-13-25(14-16-35)30(36)34-19-17-33(18-20-34)29(23-7-3-1-4-8-23)24-9-5-2-6-10-24/h1-12,21,25,29H,13-20,22H2.